The van der Waals surface area contributed by atoms with Crippen molar-refractivity contribution < 1.29 is 13.2 Å². The van der Waals surface area contributed by atoms with E-state index in [1.165, 1.54) is 74.5 Å². The number of aryl methyl sites for hydroxylation is 1. The Bertz CT molecular complexity index is 766. The number of hydrogen-bond acceptors (Lipinski definition) is 0. The number of unbranched alkanes of at least 4 members (excludes halogenated alkanes) is 4. The van der Waals surface area contributed by atoms with E-state index < -0.39 is 12.6 Å². The van der Waals surface area contributed by atoms with Crippen molar-refractivity contribution in [3.63, 3.8) is 0 Å². The van der Waals surface area contributed by atoms with Crippen LogP contribution < -0.4 is 0 Å². The van der Waals surface area contributed by atoms with Crippen LogP contribution in [0.3, 0.4) is 0 Å². The Kier molecular flexibility index (Phi) is 9.69. The maximum atomic E-state index is 12.3. The second-order valence-corrected chi connectivity index (χ2v) is 9.71. The Balaban J connectivity index is 1.44. The highest BCUT2D eigenvalue weighted by molar-refractivity contribution is 5.64. The highest BCUT2D eigenvalue weighted by Crippen LogP contribution is 2.38. The molecule has 0 bridgehead atoms. The van der Waals surface area contributed by atoms with Crippen molar-refractivity contribution in [3.05, 3.63) is 59.7 Å². The molecule has 0 aromatic heterocycles. The normalized spacial score (nSPS) is 19.2. The third-order valence-electron chi connectivity index (χ3n) is 7.16. The van der Waals surface area contributed by atoms with Gasteiger partial charge >= 0.3 is 6.18 Å². The summed E-state index contributed by atoms with van der Waals surface area (Å²) >= 11 is 0. The topological polar surface area (TPSA) is 0 Å². The average molecular weight is 445 g/mol. The number of hydrogen-bond donors (Lipinski definition) is 0. The van der Waals surface area contributed by atoms with Crippen molar-refractivity contribution in [2.24, 2.45) is 5.92 Å². The Morgan fingerprint density at radius 3 is 1.94 bits per heavy atom. The van der Waals surface area contributed by atoms with Crippen LogP contribution in [0, 0.1) is 5.92 Å². The van der Waals surface area contributed by atoms with Crippen LogP contribution >= 0.6 is 0 Å². The molecule has 0 N–H and O–H groups in total. The first-order valence-corrected chi connectivity index (χ1v) is 12.7. The zero-order valence-electron chi connectivity index (χ0n) is 19.6. The Labute approximate surface area is 192 Å². The number of halogens is 3. The van der Waals surface area contributed by atoms with Gasteiger partial charge in [0.1, 0.15) is 0 Å². The van der Waals surface area contributed by atoms with Crippen LogP contribution in [0.4, 0.5) is 13.2 Å². The van der Waals surface area contributed by atoms with Crippen LogP contribution in [0.25, 0.3) is 11.1 Å². The van der Waals surface area contributed by atoms with Crippen molar-refractivity contribution in [2.75, 3.05) is 0 Å². The molecule has 1 saturated carbocycles. The number of benzene rings is 2. The van der Waals surface area contributed by atoms with Crippen LogP contribution in [0.5, 0.6) is 0 Å². The second-order valence-electron chi connectivity index (χ2n) is 9.71. The minimum Gasteiger partial charge on any atom is -0.171 e. The molecular formula is C29H39F3. The highest BCUT2D eigenvalue weighted by atomic mass is 19.4. The molecule has 1 aliphatic carbocycles. The lowest BCUT2D eigenvalue weighted by Gasteiger charge is -2.29. The largest absolute Gasteiger partial charge is 0.389 e. The predicted octanol–water partition coefficient (Wildman–Crippen LogP) is 9.87. The molecular weight excluding hydrogens is 405 g/mol. The third-order valence-corrected chi connectivity index (χ3v) is 7.16. The van der Waals surface area contributed by atoms with Gasteiger partial charge in [0.05, 0.1) is 0 Å². The van der Waals surface area contributed by atoms with E-state index in [4.69, 9.17) is 0 Å². The van der Waals surface area contributed by atoms with Crippen molar-refractivity contribution in [3.8, 4) is 11.1 Å². The lowest BCUT2D eigenvalue weighted by atomic mass is 9.77. The predicted molar refractivity (Wildman–Crippen MR) is 129 cm³/mol. The molecule has 0 nitrogen and oxygen atoms in total. The smallest absolute Gasteiger partial charge is 0.171 e. The van der Waals surface area contributed by atoms with Gasteiger partial charge in [-0.1, -0.05) is 87.6 Å². The van der Waals surface area contributed by atoms with E-state index >= 15 is 0 Å². The van der Waals surface area contributed by atoms with Gasteiger partial charge in [-0.05, 0) is 79.0 Å². The zero-order valence-corrected chi connectivity index (χ0v) is 19.6. The van der Waals surface area contributed by atoms with Gasteiger partial charge < -0.3 is 0 Å². The molecule has 176 valence electrons. The van der Waals surface area contributed by atoms with Crippen LogP contribution in [0.2, 0.25) is 0 Å². The minimum atomic E-state index is -4.04. The fourth-order valence-electron chi connectivity index (χ4n) is 5.11. The van der Waals surface area contributed by atoms with Crippen molar-refractivity contribution >= 4 is 0 Å². The van der Waals surface area contributed by atoms with Crippen molar-refractivity contribution in [1.82, 2.24) is 0 Å². The van der Waals surface area contributed by atoms with Gasteiger partial charge in [-0.15, -0.1) is 0 Å². The fraction of sp³-hybridized carbons (Fsp3) is 0.586. The molecule has 32 heavy (non-hydrogen) atoms. The summed E-state index contributed by atoms with van der Waals surface area (Å²) in [7, 11) is 0. The number of alkyl halides is 3. The molecule has 3 rings (SSSR count). The van der Waals surface area contributed by atoms with Crippen molar-refractivity contribution in [1.29, 1.82) is 0 Å². The monoisotopic (exact) mass is 444 g/mol. The zero-order chi connectivity index (χ0) is 22.8. The summed E-state index contributed by atoms with van der Waals surface area (Å²) in [6.45, 7) is 2.28. The second kappa shape index (κ2) is 12.5. The summed E-state index contributed by atoms with van der Waals surface area (Å²) in [5, 5.41) is 0. The Morgan fingerprint density at radius 2 is 1.34 bits per heavy atom. The van der Waals surface area contributed by atoms with Crippen LogP contribution in [0.1, 0.15) is 101 Å². The van der Waals surface area contributed by atoms with Gasteiger partial charge in [-0.25, -0.2) is 0 Å². The first-order chi connectivity index (χ1) is 15.4. The van der Waals surface area contributed by atoms with Crippen LogP contribution in [-0.2, 0) is 6.42 Å². The summed E-state index contributed by atoms with van der Waals surface area (Å²) < 4.78 is 36.8. The fourth-order valence-corrected chi connectivity index (χ4v) is 5.11. The SMILES string of the molecule is CCCCCCC1CCC(c2ccc(-c3ccc(CCCCC(F)(F)F)cc3)cc2)CC1. The minimum absolute atomic E-state index is 0.202. The molecule has 2 aromatic rings. The summed E-state index contributed by atoms with van der Waals surface area (Å²) in [5.74, 6) is 1.64. The summed E-state index contributed by atoms with van der Waals surface area (Å²) in [4.78, 5) is 0. The number of rotatable bonds is 11. The van der Waals surface area contributed by atoms with Gasteiger partial charge in [0.2, 0.25) is 0 Å². The summed E-state index contributed by atoms with van der Waals surface area (Å²) in [6.07, 6.45) is 9.09. The lowest BCUT2D eigenvalue weighted by molar-refractivity contribution is -0.135. The van der Waals surface area contributed by atoms with Crippen LogP contribution in [-0.4, -0.2) is 6.18 Å². The van der Waals surface area contributed by atoms with Crippen LogP contribution in [0.15, 0.2) is 48.5 Å². The lowest BCUT2D eigenvalue weighted by Crippen LogP contribution is -2.13. The van der Waals surface area contributed by atoms with E-state index in [2.05, 4.69) is 55.5 Å². The molecule has 0 amide bonds. The quantitative estimate of drug-likeness (QED) is 0.302. The molecule has 3 heteroatoms. The molecule has 0 saturated heterocycles. The van der Waals surface area contributed by atoms with E-state index in [9.17, 15) is 13.2 Å². The average Bonchev–Trinajstić information content (AvgIpc) is 2.80. The first-order valence-electron chi connectivity index (χ1n) is 12.7. The van der Waals surface area contributed by atoms with Crippen molar-refractivity contribution in [2.45, 2.75) is 102 Å². The maximum Gasteiger partial charge on any atom is 0.389 e. The highest BCUT2D eigenvalue weighted by Gasteiger charge is 2.25. The van der Waals surface area contributed by atoms with Gasteiger partial charge in [-0.2, -0.15) is 13.2 Å². The van der Waals surface area contributed by atoms with Gasteiger partial charge in [0.25, 0.3) is 0 Å². The Hall–Kier alpha value is -1.77. The van der Waals surface area contributed by atoms with E-state index in [0.717, 1.165) is 11.5 Å². The van der Waals surface area contributed by atoms with E-state index in [1.807, 2.05) is 0 Å². The first kappa shape index (κ1) is 24.9. The molecule has 1 fully saturated rings. The molecule has 0 atom stereocenters. The Morgan fingerprint density at radius 1 is 0.719 bits per heavy atom. The summed E-state index contributed by atoms with van der Waals surface area (Å²) in [5.41, 5.74) is 4.96. The molecule has 0 heterocycles. The van der Waals surface area contributed by atoms with Gasteiger partial charge in [0, 0.05) is 6.42 Å². The third kappa shape index (κ3) is 8.30. The molecule has 0 aliphatic heterocycles. The molecule has 0 radical (unpaired) electrons. The maximum absolute atomic E-state index is 12.3. The molecule has 1 aliphatic rings. The van der Waals surface area contributed by atoms with E-state index in [0.29, 0.717) is 18.8 Å². The van der Waals surface area contributed by atoms with Gasteiger partial charge in [-0.3, -0.25) is 0 Å². The molecule has 2 aromatic carbocycles. The summed E-state index contributed by atoms with van der Waals surface area (Å²) in [6, 6.07) is 17.3. The molecule has 0 spiro atoms. The molecule has 0 unspecified atom stereocenters. The van der Waals surface area contributed by atoms with E-state index in [-0.39, 0.29) is 6.42 Å². The van der Waals surface area contributed by atoms with E-state index in [1.54, 1.807) is 0 Å². The standard InChI is InChI=1S/C29H39F3/c1-2-3-4-5-8-23-10-14-25(15-11-23)27-18-20-28(21-19-27)26-16-12-24(13-17-26)9-6-7-22-29(30,31)32/h12-13,16-21,23,25H,2-11,14-15,22H2,1H3. The van der Waals surface area contributed by atoms with Gasteiger partial charge in [0.15, 0.2) is 0 Å².